The van der Waals surface area contributed by atoms with Crippen LogP contribution in [0.3, 0.4) is 0 Å². The van der Waals surface area contributed by atoms with Gasteiger partial charge in [-0.2, -0.15) is 10.2 Å². The largest absolute Gasteiger partial charge is 0.158 e. The maximum absolute atomic E-state index is 4.17. The Balaban J connectivity index is 1.41. The molecule has 0 spiro atoms. The molecule has 0 atom stereocenters. The van der Waals surface area contributed by atoms with Gasteiger partial charge in [-0.25, -0.2) is 0 Å². The van der Waals surface area contributed by atoms with Crippen LogP contribution in [0.1, 0.15) is 9.75 Å². The van der Waals surface area contributed by atoms with Crippen LogP contribution in [0.25, 0.3) is 19.5 Å². The maximum Gasteiger partial charge on any atom is 0.0668 e. The Hall–Kier alpha value is -1.86. The summed E-state index contributed by atoms with van der Waals surface area (Å²) in [4.78, 5) is 7.36. The lowest BCUT2D eigenvalue weighted by Gasteiger charge is -1.87. The smallest absolute Gasteiger partial charge is 0.0668 e. The summed E-state index contributed by atoms with van der Waals surface area (Å²) in [6, 6.07) is 16.8. The minimum absolute atomic E-state index is 1.11. The molecule has 0 radical (unpaired) electrons. The molecular formula is C18H12N2S4. The summed E-state index contributed by atoms with van der Waals surface area (Å²) >= 11 is 6.97. The van der Waals surface area contributed by atoms with Crippen LogP contribution in [0.5, 0.6) is 0 Å². The average Bonchev–Trinajstić information content (AvgIpc) is 3.40. The van der Waals surface area contributed by atoms with Gasteiger partial charge in [0.1, 0.15) is 0 Å². The molecule has 0 bridgehead atoms. The fourth-order valence-electron chi connectivity index (χ4n) is 2.13. The van der Waals surface area contributed by atoms with E-state index < -0.39 is 0 Å². The Bertz CT molecular complexity index is 876. The van der Waals surface area contributed by atoms with E-state index in [2.05, 4.69) is 69.5 Å². The molecule has 0 saturated heterocycles. The van der Waals surface area contributed by atoms with Gasteiger partial charge >= 0.3 is 0 Å². The number of rotatable bonds is 5. The highest BCUT2D eigenvalue weighted by atomic mass is 32.1. The fraction of sp³-hybridized carbons (Fsp3) is 0. The first-order valence-corrected chi connectivity index (χ1v) is 10.6. The molecule has 118 valence electrons. The van der Waals surface area contributed by atoms with Gasteiger partial charge in [-0.15, -0.1) is 45.3 Å². The molecule has 2 nitrogen and oxygen atoms in total. The van der Waals surface area contributed by atoms with Gasteiger partial charge in [0.25, 0.3) is 0 Å². The van der Waals surface area contributed by atoms with Crippen molar-refractivity contribution in [3.63, 3.8) is 0 Å². The van der Waals surface area contributed by atoms with Crippen LogP contribution in [0.15, 0.2) is 69.5 Å². The third-order valence-corrected chi connectivity index (χ3v) is 7.39. The van der Waals surface area contributed by atoms with E-state index in [0.29, 0.717) is 0 Å². The molecule has 4 heterocycles. The zero-order valence-corrected chi connectivity index (χ0v) is 15.7. The minimum atomic E-state index is 1.11. The Labute approximate surface area is 156 Å². The zero-order valence-electron chi connectivity index (χ0n) is 12.5. The van der Waals surface area contributed by atoms with Crippen LogP contribution in [0.4, 0.5) is 0 Å². The fourth-order valence-corrected chi connectivity index (χ4v) is 5.55. The third-order valence-electron chi connectivity index (χ3n) is 3.22. The Morgan fingerprint density at radius 3 is 1.50 bits per heavy atom. The van der Waals surface area contributed by atoms with Crippen LogP contribution in [-0.2, 0) is 0 Å². The van der Waals surface area contributed by atoms with Gasteiger partial charge in [-0.1, -0.05) is 12.1 Å². The van der Waals surface area contributed by atoms with Crippen molar-refractivity contribution in [1.82, 2.24) is 0 Å². The van der Waals surface area contributed by atoms with E-state index in [-0.39, 0.29) is 0 Å². The summed E-state index contributed by atoms with van der Waals surface area (Å²) < 4.78 is 0. The summed E-state index contributed by atoms with van der Waals surface area (Å²) in [5.74, 6) is 0. The van der Waals surface area contributed by atoms with Crippen LogP contribution in [0, 0.1) is 0 Å². The van der Waals surface area contributed by atoms with E-state index in [9.17, 15) is 0 Å². The quantitative estimate of drug-likeness (QED) is 0.269. The standard InChI is InChI=1S/C18H12N2S4/c1-3-15(21-9-1)17-7-5-13(23-17)11-19-20-12-14-6-8-18(24-14)16-4-2-10-22-16/h1-12H/b19-11-,20-12-. The first kappa shape index (κ1) is 15.7. The topological polar surface area (TPSA) is 24.7 Å². The van der Waals surface area contributed by atoms with E-state index in [0.717, 1.165) is 9.75 Å². The first-order chi connectivity index (χ1) is 11.9. The van der Waals surface area contributed by atoms with Crippen molar-refractivity contribution in [2.75, 3.05) is 0 Å². The van der Waals surface area contributed by atoms with Gasteiger partial charge < -0.3 is 0 Å². The normalized spacial score (nSPS) is 11.8. The van der Waals surface area contributed by atoms with Gasteiger partial charge in [-0.05, 0) is 47.2 Å². The number of thiophene rings is 4. The monoisotopic (exact) mass is 384 g/mol. The van der Waals surface area contributed by atoms with E-state index in [1.165, 1.54) is 19.5 Å². The third kappa shape index (κ3) is 3.62. The molecule has 4 aromatic rings. The van der Waals surface area contributed by atoms with E-state index in [1.807, 2.05) is 12.4 Å². The molecule has 0 amide bonds. The molecule has 0 N–H and O–H groups in total. The van der Waals surface area contributed by atoms with Crippen LogP contribution in [-0.4, -0.2) is 12.4 Å². The molecule has 0 fully saturated rings. The predicted molar refractivity (Wildman–Crippen MR) is 110 cm³/mol. The Morgan fingerprint density at radius 2 is 1.08 bits per heavy atom. The SMILES string of the molecule is C(=N/N=C\c1ccc(-c2cccs2)s1)/c1ccc(-c2cccs2)s1. The van der Waals surface area contributed by atoms with Gasteiger partial charge in [0.05, 0.1) is 12.4 Å². The van der Waals surface area contributed by atoms with Crippen LogP contribution >= 0.6 is 45.3 Å². The number of hydrogen-bond acceptors (Lipinski definition) is 6. The molecule has 0 aliphatic heterocycles. The number of nitrogens with zero attached hydrogens (tertiary/aromatic N) is 2. The molecule has 0 aliphatic carbocycles. The van der Waals surface area contributed by atoms with Gasteiger partial charge in [0.15, 0.2) is 0 Å². The summed E-state index contributed by atoms with van der Waals surface area (Å²) in [6.07, 6.45) is 3.62. The summed E-state index contributed by atoms with van der Waals surface area (Å²) in [6.45, 7) is 0. The van der Waals surface area contributed by atoms with E-state index in [1.54, 1.807) is 45.3 Å². The molecular weight excluding hydrogens is 372 g/mol. The molecule has 4 rings (SSSR count). The molecule has 0 unspecified atom stereocenters. The average molecular weight is 385 g/mol. The van der Waals surface area contributed by atoms with Gasteiger partial charge in [0, 0.05) is 29.3 Å². The minimum Gasteiger partial charge on any atom is -0.158 e. The van der Waals surface area contributed by atoms with Gasteiger partial charge in [0.2, 0.25) is 0 Å². The van der Waals surface area contributed by atoms with E-state index >= 15 is 0 Å². The first-order valence-electron chi connectivity index (χ1n) is 7.22. The highest BCUT2D eigenvalue weighted by molar-refractivity contribution is 7.22. The molecule has 4 aromatic heterocycles. The summed E-state index contributed by atoms with van der Waals surface area (Å²) in [5, 5.41) is 12.5. The van der Waals surface area contributed by atoms with Crippen LogP contribution < -0.4 is 0 Å². The molecule has 6 heteroatoms. The predicted octanol–water partition coefficient (Wildman–Crippen LogP) is 6.72. The van der Waals surface area contributed by atoms with Crippen molar-refractivity contribution in [3.05, 3.63) is 69.0 Å². The lowest BCUT2D eigenvalue weighted by molar-refractivity contribution is 1.27. The van der Waals surface area contributed by atoms with Crippen molar-refractivity contribution >= 4 is 57.8 Å². The molecule has 24 heavy (non-hydrogen) atoms. The number of hydrogen-bond donors (Lipinski definition) is 0. The highest BCUT2D eigenvalue weighted by Gasteiger charge is 2.03. The van der Waals surface area contributed by atoms with Crippen LogP contribution in [0.2, 0.25) is 0 Å². The Morgan fingerprint density at radius 1 is 0.583 bits per heavy atom. The second kappa shape index (κ2) is 7.36. The second-order valence-corrected chi connectivity index (χ2v) is 8.97. The lowest BCUT2D eigenvalue weighted by atomic mass is 10.4. The Kier molecular flexibility index (Phi) is 4.80. The summed E-state index contributed by atoms with van der Waals surface area (Å²) in [5.41, 5.74) is 0. The highest BCUT2D eigenvalue weighted by Crippen LogP contribution is 2.31. The second-order valence-electron chi connectivity index (χ2n) is 4.85. The van der Waals surface area contributed by atoms with Crippen molar-refractivity contribution in [1.29, 1.82) is 0 Å². The van der Waals surface area contributed by atoms with Crippen molar-refractivity contribution < 1.29 is 0 Å². The van der Waals surface area contributed by atoms with Gasteiger partial charge in [-0.3, -0.25) is 0 Å². The maximum atomic E-state index is 4.17. The van der Waals surface area contributed by atoms with Crippen molar-refractivity contribution in [3.8, 4) is 19.5 Å². The molecule has 0 aromatic carbocycles. The summed E-state index contributed by atoms with van der Waals surface area (Å²) in [7, 11) is 0. The molecule has 0 aliphatic rings. The van der Waals surface area contributed by atoms with Crippen molar-refractivity contribution in [2.24, 2.45) is 10.2 Å². The molecule has 0 saturated carbocycles. The van der Waals surface area contributed by atoms with Crippen molar-refractivity contribution in [2.45, 2.75) is 0 Å². The zero-order chi connectivity index (χ0) is 16.2. The van der Waals surface area contributed by atoms with E-state index in [4.69, 9.17) is 0 Å². The lowest BCUT2D eigenvalue weighted by Crippen LogP contribution is -1.72.